The van der Waals surface area contributed by atoms with E-state index in [0.717, 1.165) is 66.8 Å². The molecule has 1 aliphatic carbocycles. The van der Waals surface area contributed by atoms with Crippen LogP contribution in [0.2, 0.25) is 0 Å². The van der Waals surface area contributed by atoms with E-state index >= 15 is 0 Å². The first kappa shape index (κ1) is 81.0. The van der Waals surface area contributed by atoms with Crippen molar-refractivity contribution in [2.45, 2.75) is 100 Å². The zero-order chi connectivity index (χ0) is 90.6. The number of hydrogen-bond donors (Lipinski definition) is 0. The first-order valence-corrected chi connectivity index (χ1v) is 45.6. The number of ether oxygens (including phenoxy) is 16. The first-order chi connectivity index (χ1) is 67.0. The van der Waals surface area contributed by atoms with Gasteiger partial charge in [0.05, 0.1) is 22.3 Å². The molecule has 0 saturated carbocycles. The molecule has 136 heavy (non-hydrogen) atoms. The minimum Gasteiger partial charge on any atom is -0.456 e. The lowest BCUT2D eigenvalue weighted by atomic mass is 9.75. The second kappa shape index (κ2) is 33.7. The highest BCUT2D eigenvalue weighted by Crippen LogP contribution is 2.61. The van der Waals surface area contributed by atoms with Gasteiger partial charge in [0.25, 0.3) is 25.2 Å². The number of aryl methyl sites for hydroxylation is 4. The molecule has 0 saturated heterocycles. The van der Waals surface area contributed by atoms with E-state index in [2.05, 4.69) is 121 Å². The molecule has 0 radical (unpaired) electrons. The van der Waals surface area contributed by atoms with Crippen molar-refractivity contribution in [2.24, 2.45) is 0 Å². The Kier molecular flexibility index (Phi) is 20.1. The summed E-state index contributed by atoms with van der Waals surface area (Å²) in [5.41, 5.74) is 11.5. The van der Waals surface area contributed by atoms with E-state index in [1.165, 1.54) is 0 Å². The molecular weight excluding hydrogens is 1710 g/mol. The van der Waals surface area contributed by atoms with Gasteiger partial charge in [-0.3, -0.25) is 19.2 Å². The van der Waals surface area contributed by atoms with Crippen molar-refractivity contribution in [3.63, 3.8) is 0 Å². The number of hydrogen-bond acceptors (Lipinski definition) is 20. The summed E-state index contributed by atoms with van der Waals surface area (Å²) in [5, 5.41) is 0. The SMILES string of the molecule is O=Cc1c2cc3cc1Oc1cccc(c1)Oc1cc4cc(c1C=O)Oc1cccc(c1)Oc1cc5cc(c1C=O)Oc1cccc(c1)Oc1cc(cc(c1C=O)Oc1cccc(c1)O2)C1Oc2cc6c7cc2C(CCc2ccccc2)c2cc8c(cc2O1)OC5Oc1cc2c(cc1C8CCc1ccccc1)C(CCc1ccccc1)c1cc(c(cc1OC4O2)OC3O6)C7CCc1ccccc1. The molecule has 0 N–H and O–H groups in total. The molecule has 664 valence electrons. The highest BCUT2D eigenvalue weighted by Gasteiger charge is 2.44. The van der Waals surface area contributed by atoms with E-state index in [4.69, 9.17) is 75.8 Å². The fourth-order valence-electron chi connectivity index (χ4n) is 20.3. The maximum absolute atomic E-state index is 14.6. The Balaban J connectivity index is 0.886. The van der Waals surface area contributed by atoms with Crippen LogP contribution < -0.4 is 75.8 Å². The summed E-state index contributed by atoms with van der Waals surface area (Å²) in [6, 6.07) is 99.2. The highest BCUT2D eigenvalue weighted by molar-refractivity contribution is 5.88. The van der Waals surface area contributed by atoms with E-state index in [0.29, 0.717) is 145 Å². The lowest BCUT2D eigenvalue weighted by Gasteiger charge is -2.38. The summed E-state index contributed by atoms with van der Waals surface area (Å²) in [6.07, 6.45) is 0.750. The van der Waals surface area contributed by atoms with Gasteiger partial charge in [0, 0.05) is 139 Å². The van der Waals surface area contributed by atoms with Crippen molar-refractivity contribution < 1.29 is 95.0 Å². The predicted octanol–water partition coefficient (Wildman–Crippen LogP) is 27.8. The topological polar surface area (TPSA) is 216 Å². The third kappa shape index (κ3) is 15.1. The molecule has 25 rings (SSSR count). The molecule has 0 fully saturated rings. The quantitative estimate of drug-likeness (QED) is 0.0822. The van der Waals surface area contributed by atoms with Crippen LogP contribution >= 0.6 is 0 Å². The standard InChI is InChI=1S/C116H80O20/c117-61-93-97-41-69-42-98(93)122-74-26-14-28-76(50-74)124-100-44-71-46-102(95(100)63-119)126-78-30-16-32-80(52-78)128-104-48-72-47-103(96(104)64-120)127-79-31-15-29-77(51-79)125-101-45-70(43-99(94(101)62-118)123-75-27-13-25-73(49-75)121-97)114-131-107-57-105-85-53-87(107)82(38-34-66-19-7-2-8-20-66)89-55-91-84(40-36-68-23-11-4-12-24-68)92-56-90-83(39-35-67-21-9-3-10-22-67)88-54-86(81(85)37-33-65-17-5-1-6-18-65)106(130-113(69)129-105)58-108(88)132-115(71)134-110(90)60-112(92)136-116(72)135-111(91)59-109(89)133-114/h1-32,41-64,81-84,113-116H,33-40H2. The number of carbonyl (C=O) groups is 4. The monoisotopic (exact) mass is 1790 g/mol. The second-order valence-corrected chi connectivity index (χ2v) is 35.2. The molecular formula is C116H80O20. The van der Waals surface area contributed by atoms with Gasteiger partial charge >= 0.3 is 0 Å². The zero-order valence-corrected chi connectivity index (χ0v) is 72.8. The second-order valence-electron chi connectivity index (χ2n) is 35.2. The molecule has 40 bridgehead atoms. The average Bonchev–Trinajstić information content (AvgIpc) is 0.723. The van der Waals surface area contributed by atoms with Crippen molar-refractivity contribution in [3.8, 4) is 138 Å². The van der Waals surface area contributed by atoms with Gasteiger partial charge in [-0.1, -0.05) is 146 Å². The fraction of sp³-hybridized carbons (Fsp3) is 0.138. The number of benzene rings is 16. The molecule has 20 nitrogen and oxygen atoms in total. The summed E-state index contributed by atoms with van der Waals surface area (Å²) in [5.74, 6) is 1.73. The Hall–Kier alpha value is -17.0. The number of fused-ring (bicyclic) bond motifs is 16. The maximum atomic E-state index is 14.6. The van der Waals surface area contributed by atoms with Crippen molar-refractivity contribution in [3.05, 3.63) is 427 Å². The third-order valence-electron chi connectivity index (χ3n) is 26.8. The molecule has 16 aromatic rings. The minimum atomic E-state index is -1.48. The van der Waals surface area contributed by atoms with Crippen molar-refractivity contribution in [1.29, 1.82) is 0 Å². The average molecular weight is 1790 g/mol. The summed E-state index contributed by atoms with van der Waals surface area (Å²) in [7, 11) is 0. The van der Waals surface area contributed by atoms with Crippen LogP contribution in [0.1, 0.15) is 205 Å². The van der Waals surface area contributed by atoms with Crippen LogP contribution in [0.15, 0.2) is 315 Å². The van der Waals surface area contributed by atoms with Gasteiger partial charge in [-0.05, 0) is 195 Å². The summed E-state index contributed by atoms with van der Waals surface area (Å²) < 4.78 is 121. The maximum Gasteiger partial charge on any atom is 0.267 e. The Labute approximate surface area is 780 Å². The van der Waals surface area contributed by atoms with Crippen LogP contribution in [-0.2, 0) is 25.7 Å². The van der Waals surface area contributed by atoms with Gasteiger partial charge in [0.15, 0.2) is 25.1 Å². The number of rotatable bonds is 16. The van der Waals surface area contributed by atoms with Crippen molar-refractivity contribution >= 4 is 25.1 Å². The normalized spacial score (nSPS) is 18.1. The van der Waals surface area contributed by atoms with Gasteiger partial charge in [-0.2, -0.15) is 0 Å². The van der Waals surface area contributed by atoms with E-state index < -0.39 is 48.8 Å². The molecule has 8 aliphatic heterocycles. The fourth-order valence-corrected chi connectivity index (χ4v) is 20.3. The van der Waals surface area contributed by atoms with Gasteiger partial charge in [-0.15, -0.1) is 0 Å². The Bertz CT molecular complexity index is 6370. The molecule has 20 heteroatoms. The molecule has 8 heterocycles. The van der Waals surface area contributed by atoms with Gasteiger partial charge in [0.1, 0.15) is 138 Å². The molecule has 0 atom stereocenters. The van der Waals surface area contributed by atoms with Crippen LogP contribution in [0.4, 0.5) is 0 Å². The van der Waals surface area contributed by atoms with Crippen LogP contribution in [0.3, 0.4) is 0 Å². The zero-order valence-electron chi connectivity index (χ0n) is 72.8. The number of aldehydes is 4. The third-order valence-corrected chi connectivity index (χ3v) is 26.8. The summed E-state index contributed by atoms with van der Waals surface area (Å²) in [6.45, 7) is 0. The lowest BCUT2D eigenvalue weighted by Crippen LogP contribution is -2.26. The highest BCUT2D eigenvalue weighted by atomic mass is 16.7. The Morgan fingerprint density at radius 3 is 0.507 bits per heavy atom. The van der Waals surface area contributed by atoms with Gasteiger partial charge in [-0.25, -0.2) is 0 Å². The van der Waals surface area contributed by atoms with E-state index in [1.54, 1.807) is 146 Å². The van der Waals surface area contributed by atoms with E-state index in [-0.39, 0.29) is 114 Å². The molecule has 0 unspecified atom stereocenters. The predicted molar refractivity (Wildman–Crippen MR) is 502 cm³/mol. The van der Waals surface area contributed by atoms with E-state index in [1.807, 2.05) is 48.5 Å². The largest absolute Gasteiger partial charge is 0.456 e. The van der Waals surface area contributed by atoms with Crippen LogP contribution in [-0.4, -0.2) is 25.1 Å². The lowest BCUT2D eigenvalue weighted by molar-refractivity contribution is -0.0123. The molecule has 0 amide bonds. The summed E-state index contributed by atoms with van der Waals surface area (Å²) in [4.78, 5) is 58.2. The molecule has 9 aliphatic rings. The number of carbonyl (C=O) groups excluding carboxylic acids is 4. The van der Waals surface area contributed by atoms with Crippen molar-refractivity contribution in [2.75, 3.05) is 0 Å². The Morgan fingerprint density at radius 2 is 0.346 bits per heavy atom. The summed E-state index contributed by atoms with van der Waals surface area (Å²) >= 11 is 0. The molecule has 0 aromatic heterocycles. The van der Waals surface area contributed by atoms with Gasteiger partial charge in [0.2, 0.25) is 0 Å². The minimum absolute atomic E-state index is 0.00250. The van der Waals surface area contributed by atoms with Crippen LogP contribution in [0.25, 0.3) is 0 Å². The van der Waals surface area contributed by atoms with Crippen LogP contribution in [0.5, 0.6) is 138 Å². The van der Waals surface area contributed by atoms with Crippen molar-refractivity contribution in [1.82, 2.24) is 0 Å². The van der Waals surface area contributed by atoms with E-state index in [9.17, 15) is 19.2 Å². The van der Waals surface area contributed by atoms with Gasteiger partial charge < -0.3 is 75.8 Å². The smallest absolute Gasteiger partial charge is 0.267 e. The first-order valence-electron chi connectivity index (χ1n) is 45.6. The molecule has 16 aromatic carbocycles. The van der Waals surface area contributed by atoms with Crippen LogP contribution in [0, 0.1) is 0 Å². The Morgan fingerprint density at radius 1 is 0.176 bits per heavy atom. The molecule has 0 spiro atoms.